The molecule has 0 atom stereocenters. The molecule has 0 unspecified atom stereocenters. The topological polar surface area (TPSA) is 53.4 Å². The van der Waals surface area contributed by atoms with Gasteiger partial charge in [0.1, 0.15) is 0 Å². The third-order valence-corrected chi connectivity index (χ3v) is 5.27. The number of carbonyl (C=O) groups is 1. The summed E-state index contributed by atoms with van der Waals surface area (Å²) in [7, 11) is 4.06. The fraction of sp³-hybridized carbons (Fsp3) is 0.429. The predicted octanol–water partition coefficient (Wildman–Crippen LogP) is 2.75. The number of aromatic nitrogens is 2. The highest BCUT2D eigenvalue weighted by Gasteiger charge is 2.16. The molecule has 1 N–H and O–H groups in total. The number of rotatable bonds is 4. The van der Waals surface area contributed by atoms with E-state index in [-0.39, 0.29) is 5.91 Å². The van der Waals surface area contributed by atoms with E-state index in [9.17, 15) is 4.79 Å². The van der Waals surface area contributed by atoms with Gasteiger partial charge < -0.3 is 15.1 Å². The summed E-state index contributed by atoms with van der Waals surface area (Å²) in [6, 6.07) is 6.13. The number of piperazine rings is 1. The van der Waals surface area contributed by atoms with Crippen molar-refractivity contribution in [3.8, 4) is 0 Å². The second-order valence-electron chi connectivity index (χ2n) is 7.32. The zero-order chi connectivity index (χ0) is 19.6. The van der Waals surface area contributed by atoms with Crippen LogP contribution in [0.5, 0.6) is 0 Å². The van der Waals surface area contributed by atoms with Crippen molar-refractivity contribution in [2.24, 2.45) is 7.05 Å². The number of likely N-dealkylation sites (N-methyl/N-ethyl adjacent to an activating group) is 1. The molecule has 6 nitrogen and oxygen atoms in total. The van der Waals surface area contributed by atoms with Crippen LogP contribution in [0.1, 0.15) is 22.5 Å². The van der Waals surface area contributed by atoms with Crippen molar-refractivity contribution in [1.29, 1.82) is 0 Å². The molecule has 1 aliphatic heterocycles. The number of amides is 1. The molecule has 3 rings (SSSR count). The van der Waals surface area contributed by atoms with Gasteiger partial charge in [-0.25, -0.2) is 0 Å². The molecule has 1 aliphatic rings. The van der Waals surface area contributed by atoms with Crippen molar-refractivity contribution in [2.75, 3.05) is 43.4 Å². The molecule has 0 saturated carbocycles. The third-order valence-electron chi connectivity index (χ3n) is 5.27. The summed E-state index contributed by atoms with van der Waals surface area (Å²) in [6.45, 7) is 10.3. The number of anilines is 2. The maximum atomic E-state index is 12.3. The number of carbonyl (C=O) groups excluding carboxylic acids is 1. The second kappa shape index (κ2) is 7.96. The van der Waals surface area contributed by atoms with Crippen LogP contribution in [0.25, 0.3) is 6.08 Å². The molecule has 27 heavy (non-hydrogen) atoms. The molecule has 6 heteroatoms. The van der Waals surface area contributed by atoms with Gasteiger partial charge in [-0.3, -0.25) is 9.48 Å². The summed E-state index contributed by atoms with van der Waals surface area (Å²) < 4.78 is 1.83. The van der Waals surface area contributed by atoms with Gasteiger partial charge in [0.05, 0.1) is 5.69 Å². The maximum Gasteiger partial charge on any atom is 0.248 e. The minimum Gasteiger partial charge on any atom is -0.369 e. The van der Waals surface area contributed by atoms with Gasteiger partial charge in [-0.15, -0.1) is 0 Å². The molecule has 1 fully saturated rings. The first-order chi connectivity index (χ1) is 12.8. The molecular formula is C21H29N5O. The summed E-state index contributed by atoms with van der Waals surface area (Å²) in [6.07, 6.45) is 3.40. The average Bonchev–Trinajstić information content (AvgIpc) is 2.86. The zero-order valence-corrected chi connectivity index (χ0v) is 16.9. The van der Waals surface area contributed by atoms with E-state index >= 15 is 0 Å². The Balaban J connectivity index is 1.66. The van der Waals surface area contributed by atoms with Crippen LogP contribution in [0.3, 0.4) is 0 Å². The van der Waals surface area contributed by atoms with Gasteiger partial charge in [-0.2, -0.15) is 5.10 Å². The van der Waals surface area contributed by atoms with E-state index in [0.717, 1.165) is 48.8 Å². The van der Waals surface area contributed by atoms with E-state index in [1.54, 1.807) is 6.08 Å². The Morgan fingerprint density at radius 3 is 2.41 bits per heavy atom. The fourth-order valence-electron chi connectivity index (χ4n) is 3.51. The van der Waals surface area contributed by atoms with Gasteiger partial charge in [0.25, 0.3) is 0 Å². The molecule has 0 radical (unpaired) electrons. The third kappa shape index (κ3) is 4.39. The summed E-state index contributed by atoms with van der Waals surface area (Å²) >= 11 is 0. The van der Waals surface area contributed by atoms with E-state index < -0.39 is 0 Å². The molecule has 0 aliphatic carbocycles. The summed E-state index contributed by atoms with van der Waals surface area (Å²) in [5.41, 5.74) is 6.21. The van der Waals surface area contributed by atoms with Gasteiger partial charge in [-0.05, 0) is 57.7 Å². The van der Waals surface area contributed by atoms with Crippen molar-refractivity contribution in [1.82, 2.24) is 14.7 Å². The monoisotopic (exact) mass is 367 g/mol. The Labute approximate surface area is 161 Å². The first-order valence-electron chi connectivity index (χ1n) is 9.38. The molecule has 0 spiro atoms. The highest BCUT2D eigenvalue weighted by Crippen LogP contribution is 2.24. The van der Waals surface area contributed by atoms with E-state index in [1.807, 2.05) is 43.8 Å². The van der Waals surface area contributed by atoms with Gasteiger partial charge in [-0.1, -0.05) is 0 Å². The van der Waals surface area contributed by atoms with Crippen LogP contribution in [-0.4, -0.2) is 53.8 Å². The van der Waals surface area contributed by atoms with E-state index in [0.29, 0.717) is 0 Å². The second-order valence-corrected chi connectivity index (χ2v) is 7.32. The number of aryl methyl sites for hydroxylation is 3. The molecule has 2 heterocycles. The highest BCUT2D eigenvalue weighted by molar-refractivity contribution is 6.02. The zero-order valence-electron chi connectivity index (χ0n) is 16.9. The van der Waals surface area contributed by atoms with Crippen LogP contribution < -0.4 is 10.2 Å². The molecular weight excluding hydrogens is 338 g/mol. The lowest BCUT2D eigenvalue weighted by Crippen LogP contribution is -2.44. The minimum atomic E-state index is -0.135. The van der Waals surface area contributed by atoms with Gasteiger partial charge >= 0.3 is 0 Å². The van der Waals surface area contributed by atoms with Gasteiger partial charge in [0.2, 0.25) is 5.91 Å². The number of benzene rings is 1. The Morgan fingerprint density at radius 2 is 1.81 bits per heavy atom. The Morgan fingerprint density at radius 1 is 1.11 bits per heavy atom. The van der Waals surface area contributed by atoms with Crippen LogP contribution in [0, 0.1) is 20.8 Å². The van der Waals surface area contributed by atoms with Crippen LogP contribution in [0.15, 0.2) is 24.3 Å². The molecule has 2 aromatic rings. The fourth-order valence-corrected chi connectivity index (χ4v) is 3.51. The predicted molar refractivity (Wildman–Crippen MR) is 111 cm³/mol. The summed E-state index contributed by atoms with van der Waals surface area (Å²) in [5.74, 6) is -0.135. The Kier molecular flexibility index (Phi) is 5.65. The van der Waals surface area contributed by atoms with Crippen molar-refractivity contribution in [3.05, 3.63) is 46.8 Å². The van der Waals surface area contributed by atoms with E-state index in [4.69, 9.17) is 0 Å². The number of nitrogens with zero attached hydrogens (tertiary/aromatic N) is 4. The van der Waals surface area contributed by atoms with E-state index in [1.165, 1.54) is 11.3 Å². The largest absolute Gasteiger partial charge is 0.369 e. The van der Waals surface area contributed by atoms with Crippen LogP contribution in [-0.2, 0) is 11.8 Å². The summed E-state index contributed by atoms with van der Waals surface area (Å²) in [5, 5.41) is 7.33. The van der Waals surface area contributed by atoms with E-state index in [2.05, 4.69) is 40.3 Å². The SMILES string of the molecule is Cc1cc(NC(=O)/C=C/c2c(C)nn(C)c2C)ccc1N1CCN(C)CC1. The van der Waals surface area contributed by atoms with Crippen molar-refractivity contribution in [2.45, 2.75) is 20.8 Å². The average molecular weight is 367 g/mol. The minimum absolute atomic E-state index is 0.135. The van der Waals surface area contributed by atoms with Gasteiger partial charge in [0.15, 0.2) is 0 Å². The number of nitrogens with one attached hydrogen (secondary N) is 1. The van der Waals surface area contributed by atoms with Crippen molar-refractivity contribution >= 4 is 23.4 Å². The maximum absolute atomic E-state index is 12.3. The molecule has 1 aromatic heterocycles. The number of hydrogen-bond acceptors (Lipinski definition) is 4. The van der Waals surface area contributed by atoms with Crippen molar-refractivity contribution < 1.29 is 4.79 Å². The lowest BCUT2D eigenvalue weighted by molar-refractivity contribution is -0.111. The first kappa shape index (κ1) is 19.2. The molecule has 1 aromatic carbocycles. The highest BCUT2D eigenvalue weighted by atomic mass is 16.1. The Bertz CT molecular complexity index is 860. The van der Waals surface area contributed by atoms with Crippen LogP contribution in [0.4, 0.5) is 11.4 Å². The lowest BCUT2D eigenvalue weighted by Gasteiger charge is -2.35. The Hall–Kier alpha value is -2.60. The van der Waals surface area contributed by atoms with Crippen LogP contribution >= 0.6 is 0 Å². The molecule has 144 valence electrons. The van der Waals surface area contributed by atoms with Crippen LogP contribution in [0.2, 0.25) is 0 Å². The normalized spacial score (nSPS) is 15.5. The van der Waals surface area contributed by atoms with Crippen molar-refractivity contribution in [3.63, 3.8) is 0 Å². The molecule has 0 bridgehead atoms. The quantitative estimate of drug-likeness (QED) is 0.845. The molecule has 1 saturated heterocycles. The standard InChI is InChI=1S/C21H29N5O/c1-15-14-18(6-8-20(15)26-12-10-24(4)11-13-26)22-21(27)9-7-19-16(2)23-25(5)17(19)3/h6-9,14H,10-13H2,1-5H3,(H,22,27)/b9-7+. The molecule has 1 amide bonds. The van der Waals surface area contributed by atoms with Gasteiger partial charge in [0, 0.05) is 61.9 Å². The summed E-state index contributed by atoms with van der Waals surface area (Å²) in [4.78, 5) is 17.1. The first-order valence-corrected chi connectivity index (χ1v) is 9.38. The smallest absolute Gasteiger partial charge is 0.248 e. The number of hydrogen-bond donors (Lipinski definition) is 1. The lowest BCUT2D eigenvalue weighted by atomic mass is 10.1.